The minimum atomic E-state index is -1.31. The van der Waals surface area contributed by atoms with Crippen molar-refractivity contribution in [3.8, 4) is 0 Å². The number of anilines is 1. The maximum absolute atomic E-state index is 12.0. The third-order valence-corrected chi connectivity index (χ3v) is 2.98. The fourth-order valence-corrected chi connectivity index (χ4v) is 1.90. The number of carboxylic acid groups (broad SMARTS) is 1. The summed E-state index contributed by atoms with van der Waals surface area (Å²) < 4.78 is 1.14. The fraction of sp³-hybridized carbons (Fsp3) is 0.133. The first-order valence-corrected chi connectivity index (χ1v) is 6.27. The van der Waals surface area contributed by atoms with Crippen LogP contribution < -0.4 is 10.9 Å². The molecule has 0 saturated heterocycles. The van der Waals surface area contributed by atoms with E-state index in [1.165, 1.54) is 12.1 Å². The second-order valence-electron chi connectivity index (χ2n) is 4.50. The molecular formula is C15H14N2O4. The largest absolute Gasteiger partial charge is 0.477 e. The molecule has 1 amide bonds. The summed E-state index contributed by atoms with van der Waals surface area (Å²) in [7, 11) is 0. The molecule has 0 unspecified atom stereocenters. The Morgan fingerprint density at radius 3 is 2.43 bits per heavy atom. The van der Waals surface area contributed by atoms with E-state index in [1.807, 2.05) is 6.07 Å². The van der Waals surface area contributed by atoms with E-state index in [1.54, 1.807) is 31.2 Å². The molecule has 1 aromatic carbocycles. The Hall–Kier alpha value is -2.89. The maximum atomic E-state index is 12.0. The van der Waals surface area contributed by atoms with Crippen LogP contribution in [-0.4, -0.2) is 21.6 Å². The van der Waals surface area contributed by atoms with Gasteiger partial charge < -0.3 is 15.0 Å². The molecule has 0 bridgehead atoms. The van der Waals surface area contributed by atoms with Gasteiger partial charge >= 0.3 is 5.97 Å². The molecule has 0 saturated carbocycles. The number of rotatable bonds is 4. The number of aromatic carboxylic acids is 1. The van der Waals surface area contributed by atoms with Crippen molar-refractivity contribution in [2.45, 2.75) is 13.5 Å². The van der Waals surface area contributed by atoms with Crippen LogP contribution >= 0.6 is 0 Å². The molecule has 1 aromatic heterocycles. The van der Waals surface area contributed by atoms with Gasteiger partial charge in [0, 0.05) is 11.4 Å². The molecule has 6 nitrogen and oxygen atoms in total. The summed E-state index contributed by atoms with van der Waals surface area (Å²) in [5.41, 5.74) is 0.0922. The van der Waals surface area contributed by atoms with Crippen LogP contribution in [0.1, 0.15) is 16.1 Å². The lowest BCUT2D eigenvalue weighted by atomic mass is 10.2. The van der Waals surface area contributed by atoms with Crippen LogP contribution in [0.25, 0.3) is 0 Å². The molecule has 2 aromatic rings. The molecule has 1 heterocycles. The first-order valence-electron chi connectivity index (χ1n) is 6.27. The Morgan fingerprint density at radius 2 is 1.81 bits per heavy atom. The Balaban J connectivity index is 2.23. The zero-order valence-corrected chi connectivity index (χ0v) is 11.4. The number of nitrogens with one attached hydrogen (secondary N) is 1. The van der Waals surface area contributed by atoms with Crippen LogP contribution in [0, 0.1) is 6.92 Å². The average Bonchev–Trinajstić information content (AvgIpc) is 2.44. The van der Waals surface area contributed by atoms with Gasteiger partial charge in [0.2, 0.25) is 5.91 Å². The molecule has 0 spiro atoms. The van der Waals surface area contributed by atoms with E-state index in [0.29, 0.717) is 11.4 Å². The van der Waals surface area contributed by atoms with Crippen LogP contribution in [-0.2, 0) is 11.3 Å². The highest BCUT2D eigenvalue weighted by Gasteiger charge is 2.14. The lowest BCUT2D eigenvalue weighted by molar-refractivity contribution is -0.116. The van der Waals surface area contributed by atoms with Crippen molar-refractivity contribution in [2.24, 2.45) is 0 Å². The Bertz CT molecular complexity index is 735. The van der Waals surface area contributed by atoms with Crippen molar-refractivity contribution >= 4 is 17.6 Å². The molecule has 0 aliphatic heterocycles. The van der Waals surface area contributed by atoms with Gasteiger partial charge in [0.1, 0.15) is 12.1 Å². The van der Waals surface area contributed by atoms with Gasteiger partial charge in [-0.25, -0.2) is 4.79 Å². The lowest BCUT2D eigenvalue weighted by Gasteiger charge is -2.11. The highest BCUT2D eigenvalue weighted by Crippen LogP contribution is 2.05. The van der Waals surface area contributed by atoms with Crippen LogP contribution in [0.2, 0.25) is 0 Å². The second kappa shape index (κ2) is 6.04. The summed E-state index contributed by atoms with van der Waals surface area (Å²) in [5, 5.41) is 11.6. The molecule has 0 fully saturated rings. The van der Waals surface area contributed by atoms with Gasteiger partial charge in [-0.05, 0) is 31.2 Å². The van der Waals surface area contributed by atoms with Crippen molar-refractivity contribution in [3.05, 3.63) is 64.1 Å². The number of para-hydroxylation sites is 1. The highest BCUT2D eigenvalue weighted by atomic mass is 16.4. The number of aryl methyl sites for hydroxylation is 1. The number of carbonyl (C=O) groups excluding carboxylic acids is 1. The molecule has 0 aliphatic rings. The summed E-state index contributed by atoms with van der Waals surface area (Å²) in [6.45, 7) is 1.41. The molecule has 21 heavy (non-hydrogen) atoms. The number of carbonyl (C=O) groups is 2. The average molecular weight is 286 g/mol. The van der Waals surface area contributed by atoms with Gasteiger partial charge in [-0.2, -0.15) is 0 Å². The normalized spacial score (nSPS) is 10.1. The van der Waals surface area contributed by atoms with Crippen LogP contribution in [0.5, 0.6) is 0 Å². The van der Waals surface area contributed by atoms with Gasteiger partial charge in [0.25, 0.3) is 5.56 Å². The third-order valence-electron chi connectivity index (χ3n) is 2.98. The number of hydrogen-bond acceptors (Lipinski definition) is 3. The lowest BCUT2D eigenvalue weighted by Crippen LogP contribution is -2.32. The van der Waals surface area contributed by atoms with Crippen molar-refractivity contribution in [2.75, 3.05) is 5.32 Å². The van der Waals surface area contributed by atoms with E-state index < -0.39 is 17.4 Å². The van der Waals surface area contributed by atoms with Gasteiger partial charge in [0.15, 0.2) is 0 Å². The van der Waals surface area contributed by atoms with Crippen molar-refractivity contribution in [1.82, 2.24) is 4.57 Å². The van der Waals surface area contributed by atoms with E-state index in [9.17, 15) is 14.4 Å². The Labute approximate surface area is 120 Å². The summed E-state index contributed by atoms with van der Waals surface area (Å²) >= 11 is 0. The summed E-state index contributed by atoms with van der Waals surface area (Å²) in [6, 6.07) is 11.6. The molecular weight excluding hydrogens is 272 g/mol. The maximum Gasteiger partial charge on any atom is 0.341 e. The SMILES string of the molecule is Cc1ccc(C(=O)O)c(=O)n1CC(=O)Nc1ccccc1. The van der Waals surface area contributed by atoms with E-state index in [4.69, 9.17) is 5.11 Å². The molecule has 0 aliphatic carbocycles. The summed E-state index contributed by atoms with van der Waals surface area (Å²) in [4.78, 5) is 34.9. The fourth-order valence-electron chi connectivity index (χ4n) is 1.90. The van der Waals surface area contributed by atoms with Gasteiger partial charge in [-0.3, -0.25) is 9.59 Å². The Morgan fingerprint density at radius 1 is 1.14 bits per heavy atom. The number of pyridine rings is 1. The molecule has 6 heteroatoms. The predicted octanol–water partition coefficient (Wildman–Crippen LogP) is 1.49. The number of carboxylic acids is 1. The number of amides is 1. The quantitative estimate of drug-likeness (QED) is 0.891. The minimum Gasteiger partial charge on any atom is -0.477 e. The number of aromatic nitrogens is 1. The third kappa shape index (κ3) is 3.36. The monoisotopic (exact) mass is 286 g/mol. The van der Waals surface area contributed by atoms with Crippen molar-refractivity contribution < 1.29 is 14.7 Å². The van der Waals surface area contributed by atoms with E-state index in [0.717, 1.165) is 4.57 Å². The Kier molecular flexibility index (Phi) is 4.18. The molecule has 0 radical (unpaired) electrons. The minimum absolute atomic E-state index is 0.235. The van der Waals surface area contributed by atoms with Crippen LogP contribution in [0.15, 0.2) is 47.3 Å². The molecule has 2 N–H and O–H groups in total. The number of benzene rings is 1. The molecule has 2 rings (SSSR count). The first-order chi connectivity index (χ1) is 9.99. The second-order valence-corrected chi connectivity index (χ2v) is 4.50. The zero-order chi connectivity index (χ0) is 15.4. The first kappa shape index (κ1) is 14.5. The topological polar surface area (TPSA) is 88.4 Å². The molecule has 108 valence electrons. The summed E-state index contributed by atoms with van der Waals surface area (Å²) in [5.74, 6) is -1.70. The van der Waals surface area contributed by atoms with Crippen LogP contribution in [0.3, 0.4) is 0 Å². The van der Waals surface area contributed by atoms with Crippen molar-refractivity contribution in [3.63, 3.8) is 0 Å². The summed E-state index contributed by atoms with van der Waals surface area (Å²) in [6.07, 6.45) is 0. The van der Waals surface area contributed by atoms with E-state index in [2.05, 4.69) is 5.32 Å². The van der Waals surface area contributed by atoms with Crippen molar-refractivity contribution in [1.29, 1.82) is 0 Å². The van der Waals surface area contributed by atoms with Gasteiger partial charge in [-0.1, -0.05) is 18.2 Å². The highest BCUT2D eigenvalue weighted by molar-refractivity contribution is 5.91. The van der Waals surface area contributed by atoms with Gasteiger partial charge in [-0.15, -0.1) is 0 Å². The van der Waals surface area contributed by atoms with Crippen LogP contribution in [0.4, 0.5) is 5.69 Å². The smallest absolute Gasteiger partial charge is 0.341 e. The molecule has 0 atom stereocenters. The zero-order valence-electron chi connectivity index (χ0n) is 11.4. The number of hydrogen-bond donors (Lipinski definition) is 2. The van der Waals surface area contributed by atoms with E-state index >= 15 is 0 Å². The number of nitrogens with zero attached hydrogens (tertiary/aromatic N) is 1. The van der Waals surface area contributed by atoms with E-state index in [-0.39, 0.29) is 12.1 Å². The standard InChI is InChI=1S/C15H14N2O4/c1-10-7-8-12(15(20)21)14(19)17(10)9-13(18)16-11-5-3-2-4-6-11/h2-8H,9H2,1H3,(H,16,18)(H,20,21). The predicted molar refractivity (Wildman–Crippen MR) is 77.5 cm³/mol. The van der Waals surface area contributed by atoms with Gasteiger partial charge in [0.05, 0.1) is 0 Å².